The second-order valence-corrected chi connectivity index (χ2v) is 5.65. The molecule has 1 fully saturated rings. The number of nitrogens with zero attached hydrogens (tertiary/aromatic N) is 1. The highest BCUT2D eigenvalue weighted by atomic mass is 32.1. The first-order valence-corrected chi connectivity index (χ1v) is 7.05. The maximum atomic E-state index is 5.68. The zero-order valence-corrected chi connectivity index (χ0v) is 10.7. The highest BCUT2D eigenvalue weighted by Crippen LogP contribution is 2.33. The van der Waals surface area contributed by atoms with Crippen LogP contribution in [0, 0.1) is 12.8 Å². The molecule has 16 heavy (non-hydrogen) atoms. The van der Waals surface area contributed by atoms with Gasteiger partial charge in [-0.15, -0.1) is 11.3 Å². The Balaban J connectivity index is 1.97. The monoisotopic (exact) mass is 239 g/mol. The minimum Gasteiger partial charge on any atom is -0.271 e. The largest absolute Gasteiger partial charge is 0.271 e. The molecule has 0 radical (unpaired) electrons. The number of hydrogen-bond donors (Lipinski definition) is 2. The van der Waals surface area contributed by atoms with E-state index in [9.17, 15) is 0 Å². The lowest BCUT2D eigenvalue weighted by Gasteiger charge is -2.25. The molecule has 1 aromatic heterocycles. The van der Waals surface area contributed by atoms with E-state index < -0.39 is 0 Å². The number of aryl methyl sites for hydroxylation is 1. The van der Waals surface area contributed by atoms with E-state index in [2.05, 4.69) is 17.3 Å². The molecule has 1 aromatic rings. The summed E-state index contributed by atoms with van der Waals surface area (Å²) in [6.07, 6.45) is 8.11. The first-order chi connectivity index (χ1) is 7.81. The van der Waals surface area contributed by atoms with E-state index >= 15 is 0 Å². The summed E-state index contributed by atoms with van der Waals surface area (Å²) < 4.78 is 0. The fourth-order valence-electron chi connectivity index (χ4n) is 2.65. The summed E-state index contributed by atoms with van der Waals surface area (Å²) in [4.78, 5) is 5.61. The third-order valence-corrected chi connectivity index (χ3v) is 4.64. The van der Waals surface area contributed by atoms with E-state index in [0.29, 0.717) is 6.04 Å². The number of rotatable bonds is 4. The third kappa shape index (κ3) is 2.81. The zero-order valence-electron chi connectivity index (χ0n) is 9.91. The molecule has 1 saturated carbocycles. The average Bonchev–Trinajstić information content (AvgIpc) is 2.74. The van der Waals surface area contributed by atoms with E-state index in [1.165, 1.54) is 43.4 Å². The molecule has 1 aliphatic rings. The first-order valence-electron chi connectivity index (χ1n) is 6.17. The predicted octanol–water partition coefficient (Wildman–Crippen LogP) is 2.93. The molecule has 0 spiro atoms. The van der Waals surface area contributed by atoms with Crippen LogP contribution in [0.25, 0.3) is 0 Å². The molecule has 0 bridgehead atoms. The summed E-state index contributed by atoms with van der Waals surface area (Å²) in [5.41, 5.74) is 6.00. The van der Waals surface area contributed by atoms with Crippen molar-refractivity contribution in [1.82, 2.24) is 10.4 Å². The molecular formula is C12H21N3S. The van der Waals surface area contributed by atoms with E-state index in [1.807, 2.05) is 5.51 Å². The van der Waals surface area contributed by atoms with Gasteiger partial charge in [-0.25, -0.2) is 4.98 Å². The number of hydrogen-bond acceptors (Lipinski definition) is 4. The molecule has 0 saturated heterocycles. The number of aromatic nitrogens is 1. The van der Waals surface area contributed by atoms with Crippen molar-refractivity contribution in [3.05, 3.63) is 16.1 Å². The average molecular weight is 239 g/mol. The van der Waals surface area contributed by atoms with Crippen LogP contribution in [-0.4, -0.2) is 4.98 Å². The Morgan fingerprint density at radius 1 is 1.50 bits per heavy atom. The van der Waals surface area contributed by atoms with Crippen LogP contribution in [-0.2, 0) is 0 Å². The summed E-state index contributed by atoms with van der Waals surface area (Å²) in [6, 6.07) is 0.301. The molecule has 1 aliphatic carbocycles. The summed E-state index contributed by atoms with van der Waals surface area (Å²) in [7, 11) is 0. The summed E-state index contributed by atoms with van der Waals surface area (Å²) in [6.45, 7) is 2.07. The molecular weight excluding hydrogens is 218 g/mol. The van der Waals surface area contributed by atoms with Crippen LogP contribution < -0.4 is 11.3 Å². The van der Waals surface area contributed by atoms with Gasteiger partial charge in [-0.3, -0.25) is 11.3 Å². The molecule has 2 rings (SSSR count). The maximum absolute atomic E-state index is 5.68. The standard InChI is InChI=1S/C12H21N3S/c1-9-12(16-8-14-9)11(15-13)7-10-5-3-2-4-6-10/h8,10-11,15H,2-7,13H2,1H3. The van der Waals surface area contributed by atoms with E-state index in [-0.39, 0.29) is 0 Å². The van der Waals surface area contributed by atoms with Gasteiger partial charge in [0.25, 0.3) is 0 Å². The lowest BCUT2D eigenvalue weighted by Crippen LogP contribution is -2.30. The number of hydrazine groups is 1. The highest BCUT2D eigenvalue weighted by molar-refractivity contribution is 7.09. The predicted molar refractivity (Wildman–Crippen MR) is 68.1 cm³/mol. The van der Waals surface area contributed by atoms with Crippen molar-refractivity contribution in [2.24, 2.45) is 11.8 Å². The minimum absolute atomic E-state index is 0.301. The number of nitrogens with one attached hydrogen (secondary N) is 1. The van der Waals surface area contributed by atoms with Gasteiger partial charge < -0.3 is 0 Å². The van der Waals surface area contributed by atoms with Crippen molar-refractivity contribution in [3.63, 3.8) is 0 Å². The quantitative estimate of drug-likeness (QED) is 0.627. The number of thiazole rings is 1. The Hall–Kier alpha value is -0.450. The molecule has 3 N–H and O–H groups in total. The van der Waals surface area contributed by atoms with Crippen LogP contribution in [0.4, 0.5) is 0 Å². The maximum Gasteiger partial charge on any atom is 0.0798 e. The zero-order chi connectivity index (χ0) is 11.4. The Labute approximate surface area is 101 Å². The number of nitrogens with two attached hydrogens (primary N) is 1. The van der Waals surface area contributed by atoms with Crippen LogP contribution in [0.1, 0.15) is 55.1 Å². The molecule has 1 atom stereocenters. The van der Waals surface area contributed by atoms with Gasteiger partial charge in [0.05, 0.1) is 17.2 Å². The van der Waals surface area contributed by atoms with Crippen LogP contribution in [0.2, 0.25) is 0 Å². The van der Waals surface area contributed by atoms with Gasteiger partial charge in [0.1, 0.15) is 0 Å². The van der Waals surface area contributed by atoms with E-state index in [0.717, 1.165) is 11.6 Å². The molecule has 1 heterocycles. The van der Waals surface area contributed by atoms with Gasteiger partial charge in [0.2, 0.25) is 0 Å². The molecule has 0 aliphatic heterocycles. The van der Waals surface area contributed by atoms with E-state index in [1.54, 1.807) is 11.3 Å². The fourth-order valence-corrected chi connectivity index (χ4v) is 3.53. The van der Waals surface area contributed by atoms with Crippen molar-refractivity contribution in [2.45, 2.75) is 51.5 Å². The van der Waals surface area contributed by atoms with Gasteiger partial charge in [0, 0.05) is 4.88 Å². The Kier molecular flexibility index (Phi) is 4.32. The van der Waals surface area contributed by atoms with E-state index in [4.69, 9.17) is 5.84 Å². The van der Waals surface area contributed by atoms with Crippen molar-refractivity contribution in [3.8, 4) is 0 Å². The highest BCUT2D eigenvalue weighted by Gasteiger charge is 2.21. The third-order valence-electron chi connectivity index (χ3n) is 3.59. The molecule has 4 heteroatoms. The summed E-state index contributed by atoms with van der Waals surface area (Å²) >= 11 is 1.72. The minimum atomic E-state index is 0.301. The summed E-state index contributed by atoms with van der Waals surface area (Å²) in [5, 5.41) is 0. The molecule has 0 aromatic carbocycles. The van der Waals surface area contributed by atoms with Crippen molar-refractivity contribution < 1.29 is 0 Å². The molecule has 90 valence electrons. The normalized spacial score (nSPS) is 19.9. The summed E-state index contributed by atoms with van der Waals surface area (Å²) in [5.74, 6) is 6.52. The second-order valence-electron chi connectivity index (χ2n) is 4.76. The van der Waals surface area contributed by atoms with Crippen molar-refractivity contribution >= 4 is 11.3 Å². The van der Waals surface area contributed by atoms with Gasteiger partial charge in [-0.05, 0) is 19.3 Å². The SMILES string of the molecule is Cc1ncsc1C(CC1CCCCC1)NN. The van der Waals surface area contributed by atoms with Gasteiger partial charge in [-0.2, -0.15) is 0 Å². The Morgan fingerprint density at radius 3 is 2.81 bits per heavy atom. The van der Waals surface area contributed by atoms with Crippen LogP contribution in [0.5, 0.6) is 0 Å². The smallest absolute Gasteiger partial charge is 0.0798 e. The van der Waals surface area contributed by atoms with Crippen LogP contribution in [0.15, 0.2) is 5.51 Å². The van der Waals surface area contributed by atoms with Gasteiger partial charge in [0.15, 0.2) is 0 Å². The topological polar surface area (TPSA) is 50.9 Å². The lowest BCUT2D eigenvalue weighted by molar-refractivity contribution is 0.302. The van der Waals surface area contributed by atoms with Gasteiger partial charge >= 0.3 is 0 Å². The first kappa shape index (κ1) is 12.0. The molecule has 3 nitrogen and oxygen atoms in total. The van der Waals surface area contributed by atoms with Gasteiger partial charge in [-0.1, -0.05) is 32.1 Å². The Bertz CT molecular complexity index is 318. The van der Waals surface area contributed by atoms with Crippen molar-refractivity contribution in [2.75, 3.05) is 0 Å². The Morgan fingerprint density at radius 2 is 2.25 bits per heavy atom. The van der Waals surface area contributed by atoms with Crippen LogP contribution >= 0.6 is 11.3 Å². The van der Waals surface area contributed by atoms with Crippen molar-refractivity contribution in [1.29, 1.82) is 0 Å². The molecule has 0 amide bonds. The lowest BCUT2D eigenvalue weighted by atomic mass is 9.84. The second kappa shape index (κ2) is 5.75. The molecule has 1 unspecified atom stereocenters. The van der Waals surface area contributed by atoms with Crippen LogP contribution in [0.3, 0.4) is 0 Å². The fraction of sp³-hybridized carbons (Fsp3) is 0.750.